The van der Waals surface area contributed by atoms with Gasteiger partial charge in [-0.2, -0.15) is 13.2 Å². The number of halogens is 4. The maximum Gasteiger partial charge on any atom is 0.391 e. The van der Waals surface area contributed by atoms with Crippen molar-refractivity contribution in [1.82, 2.24) is 5.32 Å². The molecule has 0 radical (unpaired) electrons. The molecule has 0 aromatic heterocycles. The molecule has 0 saturated heterocycles. The number of para-hydroxylation sites is 1. The van der Waals surface area contributed by atoms with Gasteiger partial charge < -0.3 is 10.6 Å². The summed E-state index contributed by atoms with van der Waals surface area (Å²) in [5, 5.41) is 4.70. The van der Waals surface area contributed by atoms with Crippen LogP contribution in [0.4, 0.5) is 23.2 Å². The van der Waals surface area contributed by atoms with Gasteiger partial charge >= 0.3 is 6.18 Å². The molecule has 0 fully saturated rings. The number of amides is 1. The summed E-state index contributed by atoms with van der Waals surface area (Å²) in [5.41, 5.74) is -0.0734. The summed E-state index contributed by atoms with van der Waals surface area (Å²) in [6.45, 7) is 1.24. The Kier molecular flexibility index (Phi) is 4.74. The van der Waals surface area contributed by atoms with Gasteiger partial charge in [0.25, 0.3) is 5.91 Å². The van der Waals surface area contributed by atoms with Gasteiger partial charge in [0.2, 0.25) is 0 Å². The van der Waals surface area contributed by atoms with Gasteiger partial charge in [0.05, 0.1) is 17.7 Å². The van der Waals surface area contributed by atoms with Gasteiger partial charge in [-0.25, -0.2) is 4.39 Å². The number of carbonyl (C=O) groups excluding carboxylic acids is 1. The van der Waals surface area contributed by atoms with E-state index in [9.17, 15) is 22.4 Å². The van der Waals surface area contributed by atoms with E-state index in [0.717, 1.165) is 6.07 Å². The Balaban J connectivity index is 2.82. The van der Waals surface area contributed by atoms with E-state index in [0.29, 0.717) is 0 Å². The fourth-order valence-electron chi connectivity index (χ4n) is 1.67. The third-order valence-corrected chi connectivity index (χ3v) is 2.42. The van der Waals surface area contributed by atoms with Crippen LogP contribution >= 0.6 is 0 Å². The summed E-state index contributed by atoms with van der Waals surface area (Å²) >= 11 is 0. The summed E-state index contributed by atoms with van der Waals surface area (Å²) in [5.74, 6) is -1.39. The quantitative estimate of drug-likeness (QED) is 0.831. The molecule has 1 unspecified atom stereocenters. The van der Waals surface area contributed by atoms with Crippen LogP contribution in [0.5, 0.6) is 0 Å². The zero-order valence-electron chi connectivity index (χ0n) is 10.4. The highest BCUT2D eigenvalue weighted by molar-refractivity contribution is 5.99. The normalized spacial score (nSPS) is 12.9. The average Bonchev–Trinajstić information content (AvgIpc) is 2.25. The predicted octanol–water partition coefficient (Wildman–Crippen LogP) is 2.94. The van der Waals surface area contributed by atoms with Crippen LogP contribution in [0.15, 0.2) is 18.2 Å². The molecule has 0 aliphatic heterocycles. The topological polar surface area (TPSA) is 41.1 Å². The van der Waals surface area contributed by atoms with Gasteiger partial charge in [0.15, 0.2) is 0 Å². The van der Waals surface area contributed by atoms with Crippen molar-refractivity contribution in [2.75, 3.05) is 12.4 Å². The number of carbonyl (C=O) groups is 1. The van der Waals surface area contributed by atoms with Crippen molar-refractivity contribution in [3.8, 4) is 0 Å². The van der Waals surface area contributed by atoms with Crippen molar-refractivity contribution in [3.05, 3.63) is 29.6 Å². The molecule has 1 aromatic carbocycles. The van der Waals surface area contributed by atoms with Crippen LogP contribution in [0.3, 0.4) is 0 Å². The number of rotatable bonds is 4. The van der Waals surface area contributed by atoms with E-state index in [1.54, 1.807) is 0 Å². The molecule has 19 heavy (non-hydrogen) atoms. The molecule has 0 bridgehead atoms. The Labute approximate surface area is 108 Å². The number of anilines is 1. The molecule has 0 aliphatic rings. The smallest absolute Gasteiger partial charge is 0.385 e. The van der Waals surface area contributed by atoms with Crippen molar-refractivity contribution < 1.29 is 22.4 Å². The molecule has 0 spiro atoms. The number of hydrogen-bond donors (Lipinski definition) is 2. The fraction of sp³-hybridized carbons (Fsp3) is 0.417. The Morgan fingerprint density at radius 3 is 2.53 bits per heavy atom. The molecule has 2 N–H and O–H groups in total. The van der Waals surface area contributed by atoms with E-state index in [1.165, 1.54) is 26.1 Å². The summed E-state index contributed by atoms with van der Waals surface area (Å²) in [7, 11) is 1.42. The molecule has 1 atom stereocenters. The summed E-state index contributed by atoms with van der Waals surface area (Å²) in [6.07, 6.45) is -5.50. The lowest BCUT2D eigenvalue weighted by atomic mass is 10.1. The van der Waals surface area contributed by atoms with Crippen LogP contribution in [-0.2, 0) is 0 Å². The van der Waals surface area contributed by atoms with Gasteiger partial charge in [0.1, 0.15) is 5.82 Å². The lowest BCUT2D eigenvalue weighted by molar-refractivity contribution is -0.138. The van der Waals surface area contributed by atoms with Crippen LogP contribution in [0, 0.1) is 5.82 Å². The molecular formula is C12H14F4N2O. The number of benzene rings is 1. The molecule has 1 aromatic rings. The number of alkyl halides is 3. The van der Waals surface area contributed by atoms with Crippen molar-refractivity contribution in [1.29, 1.82) is 0 Å². The van der Waals surface area contributed by atoms with Crippen molar-refractivity contribution in [2.45, 2.75) is 25.6 Å². The largest absolute Gasteiger partial charge is 0.391 e. The minimum Gasteiger partial charge on any atom is -0.385 e. The van der Waals surface area contributed by atoms with Gasteiger partial charge in [-0.3, -0.25) is 4.79 Å². The van der Waals surface area contributed by atoms with Crippen LogP contribution in [-0.4, -0.2) is 25.2 Å². The molecule has 7 heteroatoms. The Morgan fingerprint density at radius 2 is 2.00 bits per heavy atom. The van der Waals surface area contributed by atoms with E-state index < -0.39 is 30.4 Å². The lowest BCUT2D eigenvalue weighted by Gasteiger charge is -2.17. The van der Waals surface area contributed by atoms with Crippen LogP contribution in [0.25, 0.3) is 0 Å². The Morgan fingerprint density at radius 1 is 1.37 bits per heavy atom. The van der Waals surface area contributed by atoms with Gasteiger partial charge in [0, 0.05) is 13.1 Å². The third-order valence-electron chi connectivity index (χ3n) is 2.42. The van der Waals surface area contributed by atoms with Gasteiger partial charge in [-0.1, -0.05) is 6.07 Å². The lowest BCUT2D eigenvalue weighted by Crippen LogP contribution is -2.36. The number of nitrogens with one attached hydrogen (secondary N) is 2. The van der Waals surface area contributed by atoms with Crippen LogP contribution < -0.4 is 10.6 Å². The van der Waals surface area contributed by atoms with E-state index in [-0.39, 0.29) is 11.3 Å². The van der Waals surface area contributed by atoms with Gasteiger partial charge in [-0.15, -0.1) is 0 Å². The second kappa shape index (κ2) is 5.90. The van der Waals surface area contributed by atoms with E-state index in [2.05, 4.69) is 10.6 Å². The monoisotopic (exact) mass is 278 g/mol. The first-order chi connectivity index (χ1) is 8.74. The highest BCUT2D eigenvalue weighted by Gasteiger charge is 2.31. The maximum atomic E-state index is 13.4. The molecule has 0 heterocycles. The van der Waals surface area contributed by atoms with Gasteiger partial charge in [-0.05, 0) is 19.1 Å². The van der Waals surface area contributed by atoms with E-state index >= 15 is 0 Å². The Hall–Kier alpha value is -1.79. The number of hydrogen-bond acceptors (Lipinski definition) is 2. The third kappa shape index (κ3) is 4.42. The Bertz CT molecular complexity index is 460. The van der Waals surface area contributed by atoms with Crippen molar-refractivity contribution >= 4 is 11.6 Å². The van der Waals surface area contributed by atoms with Crippen molar-refractivity contribution in [2.24, 2.45) is 0 Å². The molecule has 0 aliphatic carbocycles. The van der Waals surface area contributed by atoms with Crippen LogP contribution in [0.1, 0.15) is 23.7 Å². The highest BCUT2D eigenvalue weighted by atomic mass is 19.4. The molecule has 3 nitrogen and oxygen atoms in total. The van der Waals surface area contributed by atoms with E-state index in [4.69, 9.17) is 0 Å². The zero-order chi connectivity index (χ0) is 14.6. The molecule has 106 valence electrons. The molecule has 0 saturated carbocycles. The van der Waals surface area contributed by atoms with E-state index in [1.807, 2.05) is 0 Å². The van der Waals surface area contributed by atoms with Crippen molar-refractivity contribution in [3.63, 3.8) is 0 Å². The standard InChI is InChI=1S/C12H14F4N2O/c1-7(6-12(14,15)16)18-11(19)8-4-3-5-9(13)10(8)17-2/h3-5,7,17H,6H2,1-2H3,(H,18,19). The molecule has 1 amide bonds. The first-order valence-electron chi connectivity index (χ1n) is 5.58. The first-order valence-corrected chi connectivity index (χ1v) is 5.58. The molecule has 1 rings (SSSR count). The summed E-state index contributed by atoms with van der Waals surface area (Å²) in [6, 6.07) is 2.73. The zero-order valence-corrected chi connectivity index (χ0v) is 10.4. The second-order valence-electron chi connectivity index (χ2n) is 4.11. The summed E-state index contributed by atoms with van der Waals surface area (Å²) < 4.78 is 49.8. The average molecular weight is 278 g/mol. The fourth-order valence-corrected chi connectivity index (χ4v) is 1.67. The molecular weight excluding hydrogens is 264 g/mol. The summed E-state index contributed by atoms with van der Waals surface area (Å²) in [4.78, 5) is 11.8. The maximum absolute atomic E-state index is 13.4. The highest BCUT2D eigenvalue weighted by Crippen LogP contribution is 2.22. The SMILES string of the molecule is CNc1c(F)cccc1C(=O)NC(C)CC(F)(F)F. The minimum atomic E-state index is -4.36. The predicted molar refractivity (Wildman–Crippen MR) is 63.5 cm³/mol. The minimum absolute atomic E-state index is 0.0310. The second-order valence-corrected chi connectivity index (χ2v) is 4.11. The first kappa shape index (κ1) is 15.3. The van der Waals surface area contributed by atoms with Crippen LogP contribution in [0.2, 0.25) is 0 Å².